The molecular formula is C12H16F3N3O2S. The van der Waals surface area contributed by atoms with Crippen LogP contribution in [0.5, 0.6) is 0 Å². The van der Waals surface area contributed by atoms with Gasteiger partial charge in [-0.15, -0.1) is 0 Å². The first-order valence-electron chi connectivity index (χ1n) is 6.46. The van der Waals surface area contributed by atoms with Gasteiger partial charge in [-0.2, -0.15) is 17.9 Å². The lowest BCUT2D eigenvalue weighted by molar-refractivity contribution is -0.160. The quantitative estimate of drug-likeness (QED) is 0.833. The van der Waals surface area contributed by atoms with Gasteiger partial charge in [-0.05, 0) is 31.0 Å². The Hall–Kier alpha value is -1.19. The predicted molar refractivity (Wildman–Crippen MR) is 70.0 cm³/mol. The van der Waals surface area contributed by atoms with Gasteiger partial charge < -0.3 is 5.32 Å². The molecule has 5 nitrogen and oxygen atoms in total. The molecule has 21 heavy (non-hydrogen) atoms. The van der Waals surface area contributed by atoms with Crippen molar-refractivity contribution in [2.75, 3.05) is 6.54 Å². The molecule has 1 aromatic heterocycles. The number of rotatable bonds is 6. The van der Waals surface area contributed by atoms with E-state index in [2.05, 4.69) is 10.3 Å². The Morgan fingerprint density at radius 2 is 2.00 bits per heavy atom. The molecule has 0 amide bonds. The first-order valence-corrected chi connectivity index (χ1v) is 7.95. The minimum atomic E-state index is -4.59. The fourth-order valence-electron chi connectivity index (χ4n) is 1.82. The summed E-state index contributed by atoms with van der Waals surface area (Å²) in [5.74, 6) is 0. The molecule has 0 unspecified atom stereocenters. The van der Waals surface area contributed by atoms with Crippen LogP contribution in [-0.2, 0) is 16.6 Å². The summed E-state index contributed by atoms with van der Waals surface area (Å²) in [4.78, 5) is 3.74. The molecule has 0 spiro atoms. The van der Waals surface area contributed by atoms with Crippen LogP contribution in [0.25, 0.3) is 0 Å². The number of hydrogen-bond acceptors (Lipinski definition) is 4. The molecule has 1 aromatic rings. The first kappa shape index (κ1) is 16.2. The molecule has 0 aliphatic heterocycles. The van der Waals surface area contributed by atoms with Gasteiger partial charge in [-0.25, -0.2) is 13.4 Å². The second-order valence-corrected chi connectivity index (χ2v) is 6.60. The van der Waals surface area contributed by atoms with Gasteiger partial charge in [0.1, 0.15) is 5.54 Å². The maximum absolute atomic E-state index is 12.8. The highest BCUT2D eigenvalue weighted by molar-refractivity contribution is 7.89. The lowest BCUT2D eigenvalue weighted by Gasteiger charge is -2.20. The van der Waals surface area contributed by atoms with E-state index in [-0.39, 0.29) is 12.8 Å². The fourth-order valence-corrected chi connectivity index (χ4v) is 3.20. The van der Waals surface area contributed by atoms with Crippen molar-refractivity contribution in [2.24, 2.45) is 0 Å². The third-order valence-electron chi connectivity index (χ3n) is 3.27. The van der Waals surface area contributed by atoms with Gasteiger partial charge in [-0.3, -0.25) is 0 Å². The summed E-state index contributed by atoms with van der Waals surface area (Å²) in [6, 6.07) is 2.73. The molecule has 2 N–H and O–H groups in total. The van der Waals surface area contributed by atoms with Gasteiger partial charge in [0.15, 0.2) is 5.03 Å². The first-order chi connectivity index (χ1) is 9.70. The molecule has 1 aliphatic rings. The van der Waals surface area contributed by atoms with E-state index in [0.717, 1.165) is 12.1 Å². The number of nitrogens with one attached hydrogen (secondary N) is 2. The Morgan fingerprint density at radius 1 is 1.33 bits per heavy atom. The number of halogens is 3. The summed E-state index contributed by atoms with van der Waals surface area (Å²) >= 11 is 0. The second-order valence-electron chi connectivity index (χ2n) is 4.97. The van der Waals surface area contributed by atoms with Crippen molar-refractivity contribution in [2.45, 2.75) is 43.1 Å². The van der Waals surface area contributed by atoms with Gasteiger partial charge in [-0.1, -0.05) is 13.0 Å². The van der Waals surface area contributed by atoms with Crippen LogP contribution < -0.4 is 10.0 Å². The van der Waals surface area contributed by atoms with Crippen LogP contribution in [0.15, 0.2) is 23.4 Å². The number of hydrogen-bond donors (Lipinski definition) is 2. The second kappa shape index (κ2) is 5.54. The number of nitrogens with zero attached hydrogens (tertiary/aromatic N) is 1. The van der Waals surface area contributed by atoms with E-state index in [4.69, 9.17) is 0 Å². The van der Waals surface area contributed by atoms with E-state index < -0.39 is 26.8 Å². The van der Waals surface area contributed by atoms with E-state index in [0.29, 0.717) is 6.54 Å². The molecule has 1 saturated carbocycles. The number of pyridine rings is 1. The normalized spacial score (nSPS) is 17.7. The van der Waals surface area contributed by atoms with E-state index in [1.807, 2.05) is 6.92 Å². The molecule has 9 heteroatoms. The van der Waals surface area contributed by atoms with Gasteiger partial charge in [0.2, 0.25) is 0 Å². The third kappa shape index (κ3) is 3.53. The van der Waals surface area contributed by atoms with Crippen LogP contribution in [0.3, 0.4) is 0 Å². The van der Waals surface area contributed by atoms with Crippen molar-refractivity contribution in [3.05, 3.63) is 23.9 Å². The molecule has 2 rings (SSSR count). The van der Waals surface area contributed by atoms with E-state index in [9.17, 15) is 21.6 Å². The topological polar surface area (TPSA) is 71.1 Å². The van der Waals surface area contributed by atoms with Gasteiger partial charge in [0.05, 0.1) is 0 Å². The molecule has 0 aromatic carbocycles. The van der Waals surface area contributed by atoms with Crippen molar-refractivity contribution >= 4 is 10.0 Å². The maximum Gasteiger partial charge on any atom is 0.407 e. The van der Waals surface area contributed by atoms with Crippen molar-refractivity contribution in [3.8, 4) is 0 Å². The summed E-state index contributed by atoms with van der Waals surface area (Å²) in [5.41, 5.74) is -1.57. The Bertz CT molecular complexity index is 595. The molecule has 0 bridgehead atoms. The molecule has 1 fully saturated rings. The van der Waals surface area contributed by atoms with E-state index in [1.165, 1.54) is 18.3 Å². The largest absolute Gasteiger partial charge is 0.407 e. The maximum atomic E-state index is 12.8. The third-order valence-corrected chi connectivity index (χ3v) is 4.73. The average Bonchev–Trinajstić information content (AvgIpc) is 3.16. The smallest absolute Gasteiger partial charge is 0.313 e. The van der Waals surface area contributed by atoms with Crippen LogP contribution in [0.2, 0.25) is 0 Å². The van der Waals surface area contributed by atoms with Gasteiger partial charge in [0.25, 0.3) is 10.0 Å². The minimum absolute atomic E-state index is 0.242. The van der Waals surface area contributed by atoms with Crippen LogP contribution in [0.1, 0.15) is 25.3 Å². The predicted octanol–water partition coefficient (Wildman–Crippen LogP) is 1.56. The zero-order valence-electron chi connectivity index (χ0n) is 11.4. The van der Waals surface area contributed by atoms with Crippen LogP contribution in [0, 0.1) is 0 Å². The van der Waals surface area contributed by atoms with Crippen molar-refractivity contribution in [3.63, 3.8) is 0 Å². The molecule has 118 valence electrons. The Morgan fingerprint density at radius 3 is 2.43 bits per heavy atom. The Balaban J connectivity index is 2.13. The summed E-state index contributed by atoms with van der Waals surface area (Å²) < 4.78 is 64.0. The summed E-state index contributed by atoms with van der Waals surface area (Å²) in [5, 5.41) is 2.63. The van der Waals surface area contributed by atoms with Crippen LogP contribution in [-0.4, -0.2) is 31.7 Å². The van der Waals surface area contributed by atoms with Crippen molar-refractivity contribution < 1.29 is 21.6 Å². The Labute approximate surface area is 121 Å². The van der Waals surface area contributed by atoms with Crippen LogP contribution in [0.4, 0.5) is 13.2 Å². The molecule has 1 aliphatic carbocycles. The lowest BCUT2D eigenvalue weighted by Crippen LogP contribution is -2.47. The fraction of sp³-hybridized carbons (Fsp3) is 0.583. The highest BCUT2D eigenvalue weighted by Crippen LogP contribution is 2.49. The SMILES string of the molecule is CCNCc1ccc(S(=O)(=O)NC2(C(F)(F)F)CC2)nc1. The summed E-state index contributed by atoms with van der Waals surface area (Å²) in [7, 11) is -4.28. The zero-order chi connectivity index (χ0) is 15.7. The molecule has 1 heterocycles. The molecule has 0 radical (unpaired) electrons. The highest BCUT2D eigenvalue weighted by Gasteiger charge is 2.65. The number of sulfonamides is 1. The number of aromatic nitrogens is 1. The standard InChI is InChI=1S/C12H16F3N3O2S/c1-2-16-7-9-3-4-10(17-8-9)21(19,20)18-11(5-6-11)12(13,14)15/h3-4,8,16,18H,2,5-7H2,1H3. The lowest BCUT2D eigenvalue weighted by atomic mass is 10.3. The van der Waals surface area contributed by atoms with E-state index >= 15 is 0 Å². The zero-order valence-corrected chi connectivity index (χ0v) is 12.2. The summed E-state index contributed by atoms with van der Waals surface area (Å²) in [6.07, 6.45) is -3.74. The number of alkyl halides is 3. The van der Waals surface area contributed by atoms with Crippen molar-refractivity contribution in [1.29, 1.82) is 0 Å². The van der Waals surface area contributed by atoms with Crippen molar-refractivity contribution in [1.82, 2.24) is 15.0 Å². The van der Waals surface area contributed by atoms with Crippen LogP contribution >= 0.6 is 0 Å². The summed E-state index contributed by atoms with van der Waals surface area (Å²) in [6.45, 7) is 3.18. The molecular weight excluding hydrogens is 307 g/mol. The highest BCUT2D eigenvalue weighted by atomic mass is 32.2. The van der Waals surface area contributed by atoms with Gasteiger partial charge in [0, 0.05) is 12.7 Å². The molecule has 0 atom stereocenters. The average molecular weight is 323 g/mol. The van der Waals surface area contributed by atoms with E-state index in [1.54, 1.807) is 4.72 Å². The minimum Gasteiger partial charge on any atom is -0.313 e. The monoisotopic (exact) mass is 323 g/mol. The van der Waals surface area contributed by atoms with Gasteiger partial charge >= 0.3 is 6.18 Å². The Kier molecular flexibility index (Phi) is 4.27. The molecule has 0 saturated heterocycles.